The molecular weight excluding hydrogens is 489 g/mol. The van der Waals surface area contributed by atoms with E-state index in [1.807, 2.05) is 31.2 Å². The van der Waals surface area contributed by atoms with E-state index < -0.39 is 5.91 Å². The van der Waals surface area contributed by atoms with Crippen LogP contribution in [0.25, 0.3) is 16.7 Å². The molecule has 0 fully saturated rings. The number of carbonyl (C=O) groups excluding carboxylic acids is 1. The summed E-state index contributed by atoms with van der Waals surface area (Å²) < 4.78 is 0. The standard InChI is InChI=1S/C25H23Cl2N5OS/c1-3-4-5-16-6-9-18(10-7-16)32-30-22-12-15(2)21(14-23(22)31-32)28-25(34)29-24(33)19-11-8-17(26)13-20(19)27/h6-14H,3-5H2,1-2H3,(H2,28,29,33,34). The maximum absolute atomic E-state index is 12.5. The summed E-state index contributed by atoms with van der Waals surface area (Å²) in [6.45, 7) is 4.12. The molecule has 34 heavy (non-hydrogen) atoms. The van der Waals surface area contributed by atoms with Gasteiger partial charge in [-0.2, -0.15) is 4.80 Å². The quantitative estimate of drug-likeness (QED) is 0.289. The topological polar surface area (TPSA) is 71.8 Å². The second kappa shape index (κ2) is 10.5. The van der Waals surface area contributed by atoms with Crippen molar-refractivity contribution in [3.05, 3.63) is 81.3 Å². The predicted octanol–water partition coefficient (Wildman–Crippen LogP) is 6.51. The minimum atomic E-state index is -0.425. The average molecular weight is 512 g/mol. The van der Waals surface area contributed by atoms with E-state index in [1.54, 1.807) is 16.9 Å². The maximum atomic E-state index is 12.5. The number of nitrogens with one attached hydrogen (secondary N) is 2. The van der Waals surface area contributed by atoms with E-state index in [0.29, 0.717) is 10.5 Å². The summed E-state index contributed by atoms with van der Waals surface area (Å²) in [6.07, 6.45) is 3.42. The van der Waals surface area contributed by atoms with E-state index in [-0.39, 0.29) is 15.7 Å². The van der Waals surface area contributed by atoms with E-state index in [2.05, 4.69) is 39.9 Å². The zero-order chi connectivity index (χ0) is 24.2. The van der Waals surface area contributed by atoms with Gasteiger partial charge in [0.25, 0.3) is 5.91 Å². The molecule has 0 spiro atoms. The minimum absolute atomic E-state index is 0.147. The highest BCUT2D eigenvalue weighted by Gasteiger charge is 2.14. The molecule has 174 valence electrons. The monoisotopic (exact) mass is 511 g/mol. The van der Waals surface area contributed by atoms with Gasteiger partial charge in [0, 0.05) is 10.7 Å². The number of thiocarbonyl (C=S) groups is 1. The van der Waals surface area contributed by atoms with Crippen LogP contribution in [0.1, 0.15) is 41.3 Å². The van der Waals surface area contributed by atoms with E-state index in [0.717, 1.165) is 28.9 Å². The third-order valence-corrected chi connectivity index (χ3v) is 6.12. The lowest BCUT2D eigenvalue weighted by molar-refractivity contribution is 0.0978. The van der Waals surface area contributed by atoms with Gasteiger partial charge in [-0.1, -0.05) is 48.7 Å². The van der Waals surface area contributed by atoms with Gasteiger partial charge < -0.3 is 5.32 Å². The molecular formula is C25H23Cl2N5OS. The Morgan fingerprint density at radius 1 is 1.03 bits per heavy atom. The van der Waals surface area contributed by atoms with Gasteiger partial charge in [-0.25, -0.2) is 0 Å². The third-order valence-electron chi connectivity index (χ3n) is 5.36. The molecule has 1 aromatic heterocycles. The Balaban J connectivity index is 1.49. The van der Waals surface area contributed by atoms with Crippen LogP contribution in [0.2, 0.25) is 10.0 Å². The highest BCUT2D eigenvalue weighted by atomic mass is 35.5. The van der Waals surface area contributed by atoms with Crippen LogP contribution in [-0.4, -0.2) is 26.0 Å². The summed E-state index contributed by atoms with van der Waals surface area (Å²) in [5, 5.41) is 15.8. The van der Waals surface area contributed by atoms with Gasteiger partial charge in [0.15, 0.2) is 5.11 Å². The first-order valence-corrected chi connectivity index (χ1v) is 12.0. The van der Waals surface area contributed by atoms with Gasteiger partial charge in [-0.05, 0) is 85.6 Å². The summed E-state index contributed by atoms with van der Waals surface area (Å²) in [7, 11) is 0. The Morgan fingerprint density at radius 3 is 2.41 bits per heavy atom. The lowest BCUT2D eigenvalue weighted by Gasteiger charge is -2.12. The molecule has 0 aliphatic carbocycles. The number of benzene rings is 3. The van der Waals surface area contributed by atoms with Crippen molar-refractivity contribution in [1.29, 1.82) is 0 Å². The first-order valence-electron chi connectivity index (χ1n) is 10.9. The molecule has 4 aromatic rings. The molecule has 4 rings (SSSR count). The van der Waals surface area contributed by atoms with Crippen molar-refractivity contribution in [3.8, 4) is 5.69 Å². The van der Waals surface area contributed by atoms with Crippen molar-refractivity contribution < 1.29 is 4.79 Å². The van der Waals surface area contributed by atoms with Crippen molar-refractivity contribution in [2.75, 3.05) is 5.32 Å². The number of fused-ring (bicyclic) bond motifs is 1. The van der Waals surface area contributed by atoms with E-state index >= 15 is 0 Å². The van der Waals surface area contributed by atoms with Crippen LogP contribution in [0.5, 0.6) is 0 Å². The Morgan fingerprint density at radius 2 is 1.74 bits per heavy atom. The van der Waals surface area contributed by atoms with Crippen molar-refractivity contribution >= 4 is 63.2 Å². The number of nitrogens with zero attached hydrogens (tertiary/aromatic N) is 3. The molecule has 0 unspecified atom stereocenters. The summed E-state index contributed by atoms with van der Waals surface area (Å²) in [5.74, 6) is -0.425. The van der Waals surface area contributed by atoms with Crippen LogP contribution in [0, 0.1) is 6.92 Å². The molecule has 6 nitrogen and oxygen atoms in total. The molecule has 1 heterocycles. The fourth-order valence-electron chi connectivity index (χ4n) is 3.49. The molecule has 0 radical (unpaired) electrons. The first-order chi connectivity index (χ1) is 16.3. The third kappa shape index (κ3) is 5.55. The molecule has 0 saturated carbocycles. The number of carbonyl (C=O) groups is 1. The van der Waals surface area contributed by atoms with E-state index in [4.69, 9.17) is 35.4 Å². The van der Waals surface area contributed by atoms with Crippen LogP contribution in [0.4, 0.5) is 5.69 Å². The number of unbranched alkanes of at least 4 members (excludes halogenated alkanes) is 1. The molecule has 0 saturated heterocycles. The molecule has 9 heteroatoms. The average Bonchev–Trinajstić information content (AvgIpc) is 3.20. The number of aromatic nitrogens is 3. The Labute approximate surface area is 213 Å². The molecule has 0 aliphatic rings. The van der Waals surface area contributed by atoms with Gasteiger partial charge in [-0.15, -0.1) is 10.2 Å². The molecule has 3 aromatic carbocycles. The lowest BCUT2D eigenvalue weighted by Crippen LogP contribution is -2.34. The zero-order valence-electron chi connectivity index (χ0n) is 18.7. The molecule has 2 N–H and O–H groups in total. The minimum Gasteiger partial charge on any atom is -0.332 e. The highest BCUT2D eigenvalue weighted by molar-refractivity contribution is 7.80. The molecule has 0 atom stereocenters. The highest BCUT2D eigenvalue weighted by Crippen LogP contribution is 2.23. The van der Waals surface area contributed by atoms with Gasteiger partial charge >= 0.3 is 0 Å². The second-order valence-corrected chi connectivity index (χ2v) is 9.20. The number of hydrogen-bond donors (Lipinski definition) is 2. The fourth-order valence-corrected chi connectivity index (χ4v) is 4.19. The summed E-state index contributed by atoms with van der Waals surface area (Å²) in [4.78, 5) is 14.2. The van der Waals surface area contributed by atoms with Crippen LogP contribution < -0.4 is 10.6 Å². The van der Waals surface area contributed by atoms with Crippen molar-refractivity contribution in [2.24, 2.45) is 0 Å². The summed E-state index contributed by atoms with van der Waals surface area (Å²) in [6, 6.07) is 16.7. The van der Waals surface area contributed by atoms with Gasteiger partial charge in [0.05, 0.1) is 16.3 Å². The van der Waals surface area contributed by atoms with Crippen molar-refractivity contribution in [2.45, 2.75) is 33.1 Å². The normalized spacial score (nSPS) is 10.9. The Hall–Kier alpha value is -3.00. The summed E-state index contributed by atoms with van der Waals surface area (Å²) in [5.41, 5.74) is 5.59. The van der Waals surface area contributed by atoms with Crippen LogP contribution in [-0.2, 0) is 6.42 Å². The number of aryl methyl sites for hydroxylation is 2. The predicted molar refractivity (Wildman–Crippen MR) is 142 cm³/mol. The van der Waals surface area contributed by atoms with Crippen LogP contribution in [0.3, 0.4) is 0 Å². The molecule has 0 aliphatic heterocycles. The van der Waals surface area contributed by atoms with E-state index in [1.165, 1.54) is 24.5 Å². The Kier molecular flexibility index (Phi) is 7.46. The summed E-state index contributed by atoms with van der Waals surface area (Å²) >= 11 is 17.3. The van der Waals surface area contributed by atoms with E-state index in [9.17, 15) is 4.79 Å². The fraction of sp³-hybridized carbons (Fsp3) is 0.200. The SMILES string of the molecule is CCCCc1ccc(-n2nc3cc(C)c(NC(=S)NC(=O)c4ccc(Cl)cc4Cl)cc3n2)cc1. The first kappa shape index (κ1) is 24.1. The van der Waals surface area contributed by atoms with Crippen LogP contribution >= 0.6 is 35.4 Å². The van der Waals surface area contributed by atoms with Gasteiger partial charge in [-0.3, -0.25) is 10.1 Å². The molecule has 0 bridgehead atoms. The Bertz CT molecular complexity index is 1370. The number of hydrogen-bond acceptors (Lipinski definition) is 4. The lowest BCUT2D eigenvalue weighted by atomic mass is 10.1. The van der Waals surface area contributed by atoms with Gasteiger partial charge in [0.2, 0.25) is 0 Å². The zero-order valence-corrected chi connectivity index (χ0v) is 21.1. The number of anilines is 1. The second-order valence-electron chi connectivity index (χ2n) is 7.95. The molecule has 1 amide bonds. The largest absolute Gasteiger partial charge is 0.332 e. The smallest absolute Gasteiger partial charge is 0.258 e. The number of halogens is 2. The van der Waals surface area contributed by atoms with Crippen LogP contribution in [0.15, 0.2) is 54.6 Å². The van der Waals surface area contributed by atoms with Crippen molar-refractivity contribution in [1.82, 2.24) is 20.3 Å². The number of rotatable bonds is 6. The van der Waals surface area contributed by atoms with Crippen molar-refractivity contribution in [3.63, 3.8) is 0 Å². The maximum Gasteiger partial charge on any atom is 0.258 e. The number of amides is 1. The van der Waals surface area contributed by atoms with Gasteiger partial charge in [0.1, 0.15) is 11.0 Å².